The molecule has 28 heavy (non-hydrogen) atoms. The fraction of sp³-hybridized carbons (Fsp3) is 0.682. The maximum Gasteiger partial charge on any atom is 0.317 e. The summed E-state index contributed by atoms with van der Waals surface area (Å²) >= 11 is 6.16. The third-order valence-electron chi connectivity index (χ3n) is 6.34. The predicted molar refractivity (Wildman–Crippen MR) is 117 cm³/mol. The number of hydrogen-bond acceptors (Lipinski definition) is 3. The van der Waals surface area contributed by atoms with Crippen molar-refractivity contribution in [2.75, 3.05) is 45.2 Å². The number of halogens is 1. The van der Waals surface area contributed by atoms with Gasteiger partial charge in [-0.3, -0.25) is 4.90 Å². The number of rotatable bonds is 5. The summed E-state index contributed by atoms with van der Waals surface area (Å²) in [6.45, 7) is 6.76. The van der Waals surface area contributed by atoms with Crippen molar-refractivity contribution in [2.24, 2.45) is 5.92 Å². The van der Waals surface area contributed by atoms with Crippen molar-refractivity contribution in [2.45, 2.75) is 51.1 Å². The van der Waals surface area contributed by atoms with Gasteiger partial charge in [-0.05, 0) is 69.7 Å². The van der Waals surface area contributed by atoms with Crippen molar-refractivity contribution in [1.82, 2.24) is 15.1 Å². The van der Waals surface area contributed by atoms with Gasteiger partial charge in [-0.25, -0.2) is 4.79 Å². The van der Waals surface area contributed by atoms with Gasteiger partial charge in [0.15, 0.2) is 0 Å². The van der Waals surface area contributed by atoms with Crippen LogP contribution in [0.4, 0.5) is 10.5 Å². The number of amides is 2. The average molecular weight is 407 g/mol. The summed E-state index contributed by atoms with van der Waals surface area (Å²) in [5.41, 5.74) is 1.23. The molecule has 2 amide bonds. The van der Waals surface area contributed by atoms with Crippen LogP contribution in [0.3, 0.4) is 0 Å². The van der Waals surface area contributed by atoms with Crippen molar-refractivity contribution in [1.29, 1.82) is 0 Å². The normalized spacial score (nSPS) is 26.1. The summed E-state index contributed by atoms with van der Waals surface area (Å²) < 4.78 is 0. The number of carbonyl (C=O) groups excluding carboxylic acids is 1. The zero-order valence-corrected chi connectivity index (χ0v) is 18.3. The van der Waals surface area contributed by atoms with Crippen LogP contribution in [0.1, 0.15) is 39.0 Å². The Morgan fingerprint density at radius 3 is 2.61 bits per heavy atom. The fourth-order valence-corrected chi connectivity index (χ4v) is 4.67. The molecule has 1 aliphatic heterocycles. The molecule has 0 aromatic heterocycles. The van der Waals surface area contributed by atoms with Crippen LogP contribution in [0, 0.1) is 5.92 Å². The lowest BCUT2D eigenvalue weighted by Gasteiger charge is -2.42. The summed E-state index contributed by atoms with van der Waals surface area (Å²) in [7, 11) is 3.60. The monoisotopic (exact) mass is 406 g/mol. The maximum atomic E-state index is 11.8. The smallest absolute Gasteiger partial charge is 0.317 e. The van der Waals surface area contributed by atoms with Gasteiger partial charge >= 0.3 is 6.03 Å². The Hall–Kier alpha value is -1.46. The van der Waals surface area contributed by atoms with Crippen LogP contribution in [0.25, 0.3) is 0 Å². The minimum absolute atomic E-state index is 0.0369. The lowest BCUT2D eigenvalue weighted by Crippen LogP contribution is -2.52. The Morgan fingerprint density at radius 1 is 1.21 bits per heavy atom. The third kappa shape index (κ3) is 5.77. The third-order valence-corrected chi connectivity index (χ3v) is 6.58. The van der Waals surface area contributed by atoms with Gasteiger partial charge in [-0.1, -0.05) is 17.7 Å². The Bertz CT molecular complexity index is 645. The molecule has 0 radical (unpaired) electrons. The standard InChI is InChI=1S/C22H35ClN4O/c1-17-16-27(21-6-4-5-19(23)15-21)14-13-26(17)12-11-18-7-9-20(10-8-18)24-22(28)25(2)3/h4-6,15,17-18,20H,7-14,16H2,1-3H3,(H,24,28). The van der Waals surface area contributed by atoms with Gasteiger partial charge in [0.1, 0.15) is 0 Å². The summed E-state index contributed by atoms with van der Waals surface area (Å²) in [4.78, 5) is 18.5. The number of urea groups is 1. The van der Waals surface area contributed by atoms with E-state index in [1.54, 1.807) is 19.0 Å². The van der Waals surface area contributed by atoms with Crippen LogP contribution in [-0.2, 0) is 0 Å². The van der Waals surface area contributed by atoms with E-state index in [0.717, 1.165) is 43.4 Å². The molecule has 0 spiro atoms. The fourth-order valence-electron chi connectivity index (χ4n) is 4.48. The largest absolute Gasteiger partial charge is 0.369 e. The van der Waals surface area contributed by atoms with E-state index in [4.69, 9.17) is 11.6 Å². The molecule has 3 rings (SSSR count). The number of nitrogens with zero attached hydrogens (tertiary/aromatic N) is 3. The first-order valence-corrected chi connectivity index (χ1v) is 11.0. The minimum Gasteiger partial charge on any atom is -0.369 e. The molecule has 5 nitrogen and oxygen atoms in total. The highest BCUT2D eigenvalue weighted by Gasteiger charge is 2.27. The van der Waals surface area contributed by atoms with Gasteiger partial charge in [0, 0.05) is 56.5 Å². The molecule has 1 aromatic rings. The molecule has 1 N–H and O–H groups in total. The number of hydrogen-bond donors (Lipinski definition) is 1. The van der Waals surface area contributed by atoms with Gasteiger partial charge in [0.2, 0.25) is 0 Å². The Labute approximate surface area is 175 Å². The first-order chi connectivity index (χ1) is 13.4. The van der Waals surface area contributed by atoms with Crippen LogP contribution < -0.4 is 10.2 Å². The zero-order valence-electron chi connectivity index (χ0n) is 17.5. The molecule has 1 aliphatic carbocycles. The molecule has 1 saturated heterocycles. The van der Waals surface area contributed by atoms with E-state index in [9.17, 15) is 4.79 Å². The molecule has 1 unspecified atom stereocenters. The van der Waals surface area contributed by atoms with Gasteiger partial charge in [0.25, 0.3) is 0 Å². The van der Waals surface area contributed by atoms with Gasteiger partial charge in [-0.2, -0.15) is 0 Å². The quantitative estimate of drug-likeness (QED) is 0.801. The lowest BCUT2D eigenvalue weighted by molar-refractivity contribution is 0.163. The first kappa shape index (κ1) is 21.3. The number of piperazine rings is 1. The SMILES string of the molecule is CC1CN(c2cccc(Cl)c2)CCN1CCC1CCC(NC(=O)N(C)C)CC1. The predicted octanol–water partition coefficient (Wildman–Crippen LogP) is 4.07. The highest BCUT2D eigenvalue weighted by Crippen LogP contribution is 2.28. The van der Waals surface area contributed by atoms with Gasteiger partial charge in [-0.15, -0.1) is 0 Å². The second kappa shape index (κ2) is 9.84. The van der Waals surface area contributed by atoms with Crippen molar-refractivity contribution >= 4 is 23.3 Å². The maximum absolute atomic E-state index is 11.8. The lowest BCUT2D eigenvalue weighted by atomic mass is 9.84. The van der Waals surface area contributed by atoms with E-state index in [1.165, 1.54) is 31.5 Å². The molecule has 2 aliphatic rings. The Kier molecular flexibility index (Phi) is 7.47. The Balaban J connectivity index is 1.39. The number of carbonyl (C=O) groups is 1. The van der Waals surface area contributed by atoms with Crippen LogP contribution in [0.2, 0.25) is 5.02 Å². The molecular formula is C22H35ClN4O. The van der Waals surface area contributed by atoms with Crippen molar-refractivity contribution in [3.05, 3.63) is 29.3 Å². The molecule has 1 atom stereocenters. The van der Waals surface area contributed by atoms with E-state index < -0.39 is 0 Å². The molecule has 0 bridgehead atoms. The molecule has 6 heteroatoms. The van der Waals surface area contributed by atoms with E-state index >= 15 is 0 Å². The molecule has 2 fully saturated rings. The highest BCUT2D eigenvalue weighted by atomic mass is 35.5. The number of nitrogens with one attached hydrogen (secondary N) is 1. The van der Waals surface area contributed by atoms with E-state index in [1.807, 2.05) is 12.1 Å². The molecular weight excluding hydrogens is 372 g/mol. The molecule has 1 saturated carbocycles. The highest BCUT2D eigenvalue weighted by molar-refractivity contribution is 6.30. The summed E-state index contributed by atoms with van der Waals surface area (Å²) in [6.07, 6.45) is 5.96. The van der Waals surface area contributed by atoms with Gasteiger partial charge in [0.05, 0.1) is 0 Å². The second-order valence-electron chi connectivity index (χ2n) is 8.66. The summed E-state index contributed by atoms with van der Waals surface area (Å²) in [5, 5.41) is 3.95. The van der Waals surface area contributed by atoms with Crippen molar-refractivity contribution in [3.8, 4) is 0 Å². The van der Waals surface area contributed by atoms with Crippen molar-refractivity contribution < 1.29 is 4.79 Å². The van der Waals surface area contributed by atoms with Gasteiger partial charge < -0.3 is 15.1 Å². The second-order valence-corrected chi connectivity index (χ2v) is 9.10. The van der Waals surface area contributed by atoms with Crippen molar-refractivity contribution in [3.63, 3.8) is 0 Å². The number of anilines is 1. The van der Waals surface area contributed by atoms with Crippen LogP contribution in [-0.4, -0.2) is 68.2 Å². The van der Waals surface area contributed by atoms with E-state index in [0.29, 0.717) is 12.1 Å². The Morgan fingerprint density at radius 2 is 1.96 bits per heavy atom. The first-order valence-electron chi connectivity index (χ1n) is 10.6. The van der Waals surface area contributed by atoms with E-state index in [2.05, 4.69) is 34.2 Å². The van der Waals surface area contributed by atoms with E-state index in [-0.39, 0.29) is 6.03 Å². The molecule has 1 heterocycles. The summed E-state index contributed by atoms with van der Waals surface area (Å²) in [6, 6.07) is 9.14. The topological polar surface area (TPSA) is 38.8 Å². The molecule has 1 aromatic carbocycles. The zero-order chi connectivity index (χ0) is 20.1. The van der Waals surface area contributed by atoms with Crippen LogP contribution in [0.15, 0.2) is 24.3 Å². The van der Waals surface area contributed by atoms with Crippen LogP contribution in [0.5, 0.6) is 0 Å². The number of benzene rings is 1. The average Bonchev–Trinajstić information content (AvgIpc) is 2.68. The summed E-state index contributed by atoms with van der Waals surface area (Å²) in [5.74, 6) is 0.797. The minimum atomic E-state index is 0.0369. The van der Waals surface area contributed by atoms with Crippen LogP contribution >= 0.6 is 11.6 Å². The molecule has 156 valence electrons.